The van der Waals surface area contributed by atoms with E-state index in [1.807, 2.05) is 0 Å². The molecule has 20 heavy (non-hydrogen) atoms. The first-order valence-electron chi connectivity index (χ1n) is 5.98. The minimum Gasteiger partial charge on any atom is -0.326 e. The van der Waals surface area contributed by atoms with Crippen LogP contribution in [0, 0.1) is 0 Å². The van der Waals surface area contributed by atoms with E-state index in [0.717, 1.165) is 11.1 Å². The van der Waals surface area contributed by atoms with Crippen molar-refractivity contribution in [2.75, 3.05) is 32.4 Å². The molecule has 7 nitrogen and oxygen atoms in total. The van der Waals surface area contributed by atoms with Crippen molar-refractivity contribution in [3.63, 3.8) is 0 Å². The Morgan fingerprint density at radius 2 is 1.70 bits per heavy atom. The lowest BCUT2D eigenvalue weighted by Crippen LogP contribution is -2.50. The highest BCUT2D eigenvalue weighted by atomic mass is 32.2. The Morgan fingerprint density at radius 1 is 1.15 bits per heavy atom. The second-order valence-electron chi connectivity index (χ2n) is 4.52. The number of thiophene rings is 1. The van der Waals surface area contributed by atoms with E-state index < -0.39 is 20.0 Å². The fourth-order valence-corrected chi connectivity index (χ4v) is 5.39. The molecular formula is C10H17N3O4S3. The summed E-state index contributed by atoms with van der Waals surface area (Å²) in [5.41, 5.74) is 5.48. The fraction of sp³-hybridized carbons (Fsp3) is 0.600. The first-order chi connectivity index (χ1) is 9.25. The topological polar surface area (TPSA) is 101 Å². The summed E-state index contributed by atoms with van der Waals surface area (Å²) in [6.45, 7) is 1.02. The van der Waals surface area contributed by atoms with E-state index in [-0.39, 0.29) is 31.1 Å². The van der Waals surface area contributed by atoms with Gasteiger partial charge >= 0.3 is 0 Å². The van der Waals surface area contributed by atoms with Gasteiger partial charge in [0.25, 0.3) is 0 Å². The predicted octanol–water partition coefficient (Wildman–Crippen LogP) is -0.527. The number of hydrogen-bond donors (Lipinski definition) is 1. The zero-order chi connectivity index (χ0) is 15.0. The van der Waals surface area contributed by atoms with Gasteiger partial charge in [-0.1, -0.05) is 0 Å². The lowest BCUT2D eigenvalue weighted by Gasteiger charge is -2.32. The molecule has 0 amide bonds. The van der Waals surface area contributed by atoms with Crippen LogP contribution < -0.4 is 5.73 Å². The highest BCUT2D eigenvalue weighted by Crippen LogP contribution is 2.23. The standard InChI is InChI=1S/C10H17N3O4S3/c1-19(14,15)12-2-4-13(5-3-12)20(16,17)10-6-9(7-11)18-8-10/h6,8H,2-5,7,11H2,1H3. The molecular weight excluding hydrogens is 322 g/mol. The van der Waals surface area contributed by atoms with Gasteiger partial charge in [-0.2, -0.15) is 8.61 Å². The summed E-state index contributed by atoms with van der Waals surface area (Å²) >= 11 is 1.31. The average Bonchev–Trinajstić information content (AvgIpc) is 2.87. The van der Waals surface area contributed by atoms with Gasteiger partial charge in [-0.15, -0.1) is 11.3 Å². The second-order valence-corrected chi connectivity index (χ2v) is 9.44. The second kappa shape index (κ2) is 5.70. The van der Waals surface area contributed by atoms with Crippen molar-refractivity contribution >= 4 is 31.4 Å². The maximum atomic E-state index is 12.4. The number of hydrogen-bond acceptors (Lipinski definition) is 6. The molecule has 0 atom stereocenters. The number of nitrogens with zero attached hydrogens (tertiary/aromatic N) is 2. The molecule has 1 aliphatic heterocycles. The van der Waals surface area contributed by atoms with Crippen LogP contribution in [0.2, 0.25) is 0 Å². The van der Waals surface area contributed by atoms with Crippen molar-refractivity contribution in [1.29, 1.82) is 0 Å². The average molecular weight is 339 g/mol. The van der Waals surface area contributed by atoms with Crippen LogP contribution in [-0.4, -0.2) is 57.9 Å². The molecule has 2 rings (SSSR count). The monoisotopic (exact) mass is 339 g/mol. The van der Waals surface area contributed by atoms with Gasteiger partial charge < -0.3 is 5.73 Å². The van der Waals surface area contributed by atoms with Crippen LogP contribution in [-0.2, 0) is 26.6 Å². The summed E-state index contributed by atoms with van der Waals surface area (Å²) in [4.78, 5) is 1.04. The van der Waals surface area contributed by atoms with Crippen molar-refractivity contribution in [2.45, 2.75) is 11.4 Å². The van der Waals surface area contributed by atoms with E-state index in [1.54, 1.807) is 11.4 Å². The number of rotatable bonds is 4. The molecule has 0 aromatic carbocycles. The SMILES string of the molecule is CS(=O)(=O)N1CCN(S(=O)(=O)c2csc(CN)c2)CC1. The van der Waals surface area contributed by atoms with Crippen LogP contribution in [0.25, 0.3) is 0 Å². The largest absolute Gasteiger partial charge is 0.326 e. The molecule has 0 unspecified atom stereocenters. The molecule has 0 saturated carbocycles. The van der Waals surface area contributed by atoms with Crippen molar-refractivity contribution < 1.29 is 16.8 Å². The maximum absolute atomic E-state index is 12.4. The third kappa shape index (κ3) is 3.21. The maximum Gasteiger partial charge on any atom is 0.243 e. The fourth-order valence-electron chi connectivity index (χ4n) is 1.99. The summed E-state index contributed by atoms with van der Waals surface area (Å²) in [5, 5.41) is 1.57. The molecule has 0 bridgehead atoms. The molecule has 1 saturated heterocycles. The summed E-state index contributed by atoms with van der Waals surface area (Å²) in [5.74, 6) is 0. The highest BCUT2D eigenvalue weighted by Gasteiger charge is 2.31. The Labute approximate surface area is 123 Å². The Bertz CT molecular complexity index is 672. The summed E-state index contributed by atoms with van der Waals surface area (Å²) in [7, 11) is -6.82. The zero-order valence-electron chi connectivity index (χ0n) is 11.0. The predicted molar refractivity (Wildman–Crippen MR) is 77.4 cm³/mol. The molecule has 1 aliphatic rings. The minimum atomic E-state index is -3.55. The number of nitrogens with two attached hydrogens (primary N) is 1. The first-order valence-corrected chi connectivity index (χ1v) is 10.1. The van der Waals surface area contributed by atoms with Crippen LogP contribution in [0.15, 0.2) is 16.3 Å². The van der Waals surface area contributed by atoms with E-state index in [4.69, 9.17) is 5.73 Å². The molecule has 0 spiro atoms. The normalized spacial score (nSPS) is 19.3. The van der Waals surface area contributed by atoms with Crippen molar-refractivity contribution in [3.8, 4) is 0 Å². The van der Waals surface area contributed by atoms with E-state index in [1.165, 1.54) is 19.9 Å². The summed E-state index contributed by atoms with van der Waals surface area (Å²) in [6.07, 6.45) is 1.13. The van der Waals surface area contributed by atoms with Gasteiger partial charge in [0.05, 0.1) is 11.2 Å². The molecule has 2 N–H and O–H groups in total. The Balaban J connectivity index is 2.13. The molecule has 1 aromatic heterocycles. The van der Waals surface area contributed by atoms with Gasteiger partial charge in [0.1, 0.15) is 0 Å². The van der Waals surface area contributed by atoms with Crippen LogP contribution in [0.4, 0.5) is 0 Å². The Morgan fingerprint density at radius 3 is 2.15 bits per heavy atom. The third-order valence-electron chi connectivity index (χ3n) is 3.14. The van der Waals surface area contributed by atoms with Gasteiger partial charge in [-0.25, -0.2) is 16.8 Å². The minimum absolute atomic E-state index is 0.170. The van der Waals surface area contributed by atoms with Crippen molar-refractivity contribution in [2.24, 2.45) is 5.73 Å². The highest BCUT2D eigenvalue weighted by molar-refractivity contribution is 7.89. The lowest BCUT2D eigenvalue weighted by molar-refractivity contribution is 0.274. The van der Waals surface area contributed by atoms with E-state index in [2.05, 4.69) is 0 Å². The van der Waals surface area contributed by atoms with Crippen LogP contribution in [0.5, 0.6) is 0 Å². The Kier molecular flexibility index (Phi) is 4.52. The molecule has 10 heteroatoms. The molecule has 1 fully saturated rings. The van der Waals surface area contributed by atoms with E-state index in [9.17, 15) is 16.8 Å². The summed E-state index contributed by atoms with van der Waals surface area (Å²) in [6, 6.07) is 1.57. The molecule has 0 aliphatic carbocycles. The van der Waals surface area contributed by atoms with Crippen LogP contribution >= 0.6 is 11.3 Å². The van der Waals surface area contributed by atoms with Gasteiger partial charge in [-0.05, 0) is 6.07 Å². The van der Waals surface area contributed by atoms with Gasteiger partial charge in [0.2, 0.25) is 20.0 Å². The number of piperazine rings is 1. The summed E-state index contributed by atoms with van der Waals surface area (Å²) < 4.78 is 50.2. The van der Waals surface area contributed by atoms with Crippen molar-refractivity contribution in [1.82, 2.24) is 8.61 Å². The molecule has 2 heterocycles. The first kappa shape index (κ1) is 15.9. The lowest BCUT2D eigenvalue weighted by atomic mass is 10.4. The van der Waals surface area contributed by atoms with E-state index >= 15 is 0 Å². The molecule has 1 aromatic rings. The quantitative estimate of drug-likeness (QED) is 0.795. The van der Waals surface area contributed by atoms with Crippen molar-refractivity contribution in [3.05, 3.63) is 16.3 Å². The van der Waals surface area contributed by atoms with Gasteiger partial charge in [-0.3, -0.25) is 0 Å². The van der Waals surface area contributed by atoms with E-state index in [0.29, 0.717) is 6.54 Å². The molecule has 0 radical (unpaired) electrons. The van der Waals surface area contributed by atoms with Gasteiger partial charge in [0.15, 0.2) is 0 Å². The number of sulfonamides is 2. The molecule has 114 valence electrons. The third-order valence-corrected chi connectivity index (χ3v) is 7.42. The van der Waals surface area contributed by atoms with Crippen LogP contribution in [0.3, 0.4) is 0 Å². The zero-order valence-corrected chi connectivity index (χ0v) is 13.5. The smallest absolute Gasteiger partial charge is 0.243 e. The van der Waals surface area contributed by atoms with Crippen LogP contribution in [0.1, 0.15) is 4.88 Å². The van der Waals surface area contributed by atoms with Gasteiger partial charge in [0, 0.05) is 43.0 Å². The Hall–Kier alpha value is -0.520.